The first-order chi connectivity index (χ1) is 18.8. The van der Waals surface area contributed by atoms with Gasteiger partial charge in [0, 0.05) is 25.1 Å². The molecule has 218 valence electrons. The van der Waals surface area contributed by atoms with E-state index in [0.29, 0.717) is 25.3 Å². The fourth-order valence-corrected chi connectivity index (χ4v) is 6.27. The minimum Gasteiger partial charge on any atom is -0.510 e. The molecule has 0 saturated carbocycles. The number of aliphatic hydroxyl groups excluding tert-OH is 3. The molecule has 0 radical (unpaired) electrons. The fourth-order valence-electron chi connectivity index (χ4n) is 6.27. The van der Waals surface area contributed by atoms with Gasteiger partial charge in [-0.25, -0.2) is 0 Å². The first kappa shape index (κ1) is 29.5. The molecule has 0 spiro atoms. The van der Waals surface area contributed by atoms with Crippen molar-refractivity contribution in [3.8, 4) is 5.75 Å². The van der Waals surface area contributed by atoms with Crippen LogP contribution < -0.4 is 11.1 Å². The molecular formula is C27H35N3O10. The summed E-state index contributed by atoms with van der Waals surface area (Å²) in [6.07, 6.45) is -1.64. The molecule has 0 aromatic heterocycles. The molecule has 4 rings (SSSR count). The Morgan fingerprint density at radius 3 is 2.42 bits per heavy atom. The average Bonchev–Trinajstić information content (AvgIpc) is 2.88. The summed E-state index contributed by atoms with van der Waals surface area (Å²) < 4.78 is 10.3. The SMILES string of the molecule is COCCOCCNc1ccc2c(c1O)C(=O)C1=C(O)[C@]3(O)C(=O)C(C(N)=O)=C(O)[C@@H](N(C)C)[C@@H]3[C@@H](O)[C@@H]1[C@H]2C. The number of methoxy groups -OCH3 is 1. The number of phenolic OH excluding ortho intramolecular Hbond substituents is 1. The number of Topliss-reactive ketones (excluding diaryl/α,β-unsaturated/α-hetero) is 2. The Kier molecular flexibility index (Phi) is 7.98. The van der Waals surface area contributed by atoms with Crippen molar-refractivity contribution >= 4 is 23.2 Å². The zero-order valence-electron chi connectivity index (χ0n) is 22.7. The molecule has 6 atom stereocenters. The number of likely N-dealkylation sites (N-methyl/N-ethyl adjacent to an activating group) is 1. The van der Waals surface area contributed by atoms with Crippen LogP contribution in [-0.2, 0) is 19.1 Å². The number of primary amides is 1. The molecule has 3 aliphatic rings. The number of nitrogens with one attached hydrogen (secondary N) is 1. The van der Waals surface area contributed by atoms with Crippen LogP contribution in [0.4, 0.5) is 5.69 Å². The monoisotopic (exact) mass is 561 g/mol. The maximum atomic E-state index is 13.9. The Hall–Kier alpha value is -3.49. The van der Waals surface area contributed by atoms with Gasteiger partial charge >= 0.3 is 0 Å². The molecule has 0 heterocycles. The zero-order valence-corrected chi connectivity index (χ0v) is 22.7. The lowest BCUT2D eigenvalue weighted by atomic mass is 9.55. The Labute approximate surface area is 230 Å². The van der Waals surface area contributed by atoms with Crippen LogP contribution in [0, 0.1) is 11.8 Å². The van der Waals surface area contributed by atoms with Gasteiger partial charge in [0.25, 0.3) is 5.91 Å². The highest BCUT2D eigenvalue weighted by Crippen LogP contribution is 2.55. The van der Waals surface area contributed by atoms with E-state index in [9.17, 15) is 39.9 Å². The van der Waals surface area contributed by atoms with Crippen LogP contribution in [0.25, 0.3) is 0 Å². The van der Waals surface area contributed by atoms with Crippen molar-refractivity contribution in [3.63, 3.8) is 0 Å². The van der Waals surface area contributed by atoms with Crippen molar-refractivity contribution in [3.05, 3.63) is 45.9 Å². The number of amides is 1. The number of hydrogen-bond donors (Lipinski definition) is 7. The van der Waals surface area contributed by atoms with Crippen molar-refractivity contribution in [2.24, 2.45) is 17.6 Å². The second kappa shape index (κ2) is 10.8. The number of fused-ring (bicyclic) bond motifs is 3. The number of anilines is 1. The number of phenols is 1. The summed E-state index contributed by atoms with van der Waals surface area (Å²) >= 11 is 0. The van der Waals surface area contributed by atoms with Crippen molar-refractivity contribution in [1.29, 1.82) is 0 Å². The molecule has 13 nitrogen and oxygen atoms in total. The van der Waals surface area contributed by atoms with Gasteiger partial charge in [-0.05, 0) is 31.6 Å². The van der Waals surface area contributed by atoms with Crippen molar-refractivity contribution in [2.45, 2.75) is 30.6 Å². The normalized spacial score (nSPS) is 29.8. The predicted octanol–water partition coefficient (Wildman–Crippen LogP) is -0.273. The van der Waals surface area contributed by atoms with Crippen molar-refractivity contribution in [1.82, 2.24) is 4.90 Å². The van der Waals surface area contributed by atoms with Crippen LogP contribution in [0.5, 0.6) is 5.75 Å². The summed E-state index contributed by atoms with van der Waals surface area (Å²) in [5.74, 6) is -9.23. The van der Waals surface area contributed by atoms with Gasteiger partial charge in [-0.2, -0.15) is 0 Å². The lowest BCUT2D eigenvalue weighted by Crippen LogP contribution is -2.68. The lowest BCUT2D eigenvalue weighted by Gasteiger charge is -2.53. The van der Waals surface area contributed by atoms with Gasteiger partial charge in [-0.1, -0.05) is 13.0 Å². The maximum absolute atomic E-state index is 13.9. The number of nitrogens with zero attached hydrogens (tertiary/aromatic N) is 1. The van der Waals surface area contributed by atoms with Crippen molar-refractivity contribution in [2.75, 3.05) is 52.9 Å². The van der Waals surface area contributed by atoms with Gasteiger partial charge in [-0.3, -0.25) is 19.3 Å². The molecule has 3 aliphatic carbocycles. The molecule has 0 bridgehead atoms. The standard InChI is InChI=1S/C27H35N3O10/c1-11-12-5-6-13(29-7-8-40-10-9-39-4)20(31)15(12)21(32)16-14(11)22(33)18-19(30(2)3)23(34)17(26(28)37)25(36)27(18,38)24(16)35/h5-6,11,14,18-19,22,29,31,33-35,38H,7-10H2,1-4H3,(H2,28,37)/t11-,14+,18+,19-,22-,27-/m0/s1. The summed E-state index contributed by atoms with van der Waals surface area (Å²) in [5, 5.41) is 59.7. The molecule has 8 N–H and O–H groups in total. The van der Waals surface area contributed by atoms with Crippen LogP contribution in [0.1, 0.15) is 28.8 Å². The van der Waals surface area contributed by atoms with E-state index >= 15 is 0 Å². The summed E-state index contributed by atoms with van der Waals surface area (Å²) in [6, 6.07) is 1.89. The number of aromatic hydroxyl groups is 1. The Morgan fingerprint density at radius 2 is 1.82 bits per heavy atom. The summed E-state index contributed by atoms with van der Waals surface area (Å²) in [6.45, 7) is 3.05. The van der Waals surface area contributed by atoms with Gasteiger partial charge in [-0.15, -0.1) is 0 Å². The first-order valence-corrected chi connectivity index (χ1v) is 12.8. The number of aliphatic hydroxyl groups is 4. The van der Waals surface area contributed by atoms with E-state index in [1.54, 1.807) is 26.2 Å². The number of carbonyl (C=O) groups excluding carboxylic acids is 3. The van der Waals surface area contributed by atoms with Crippen LogP contribution >= 0.6 is 0 Å². The first-order valence-electron chi connectivity index (χ1n) is 12.8. The number of ether oxygens (including phenoxy) is 2. The Morgan fingerprint density at radius 1 is 1.15 bits per heavy atom. The third-order valence-electron chi connectivity index (χ3n) is 8.12. The van der Waals surface area contributed by atoms with Gasteiger partial charge in [0.1, 0.15) is 22.8 Å². The topological polar surface area (TPSA) is 212 Å². The number of benzene rings is 1. The Bertz CT molecular complexity index is 1310. The third kappa shape index (κ3) is 4.25. The molecule has 0 saturated heterocycles. The number of ketones is 2. The Balaban J connectivity index is 1.82. The minimum atomic E-state index is -2.95. The van der Waals surface area contributed by atoms with Crippen molar-refractivity contribution < 1.29 is 49.4 Å². The summed E-state index contributed by atoms with van der Waals surface area (Å²) in [5.41, 5.74) is 1.43. The van der Waals surface area contributed by atoms with Gasteiger partial charge < -0.3 is 46.1 Å². The highest BCUT2D eigenvalue weighted by molar-refractivity contribution is 6.25. The fraction of sp³-hybridized carbons (Fsp3) is 0.519. The second-order valence-corrected chi connectivity index (χ2v) is 10.5. The van der Waals surface area contributed by atoms with Gasteiger partial charge in [0.05, 0.1) is 49.1 Å². The third-order valence-corrected chi connectivity index (χ3v) is 8.12. The number of carbonyl (C=O) groups is 3. The van der Waals surface area contributed by atoms with E-state index in [0.717, 1.165) is 0 Å². The molecular weight excluding hydrogens is 526 g/mol. The number of rotatable bonds is 9. The highest BCUT2D eigenvalue weighted by atomic mass is 16.5. The van der Waals surface area contributed by atoms with Crippen LogP contribution in [0.15, 0.2) is 34.8 Å². The smallest absolute Gasteiger partial charge is 0.255 e. The molecule has 40 heavy (non-hydrogen) atoms. The number of hydrogen-bond acceptors (Lipinski definition) is 12. The van der Waals surface area contributed by atoms with Crippen LogP contribution in [-0.4, -0.2) is 113 Å². The second-order valence-electron chi connectivity index (χ2n) is 10.5. The van der Waals surface area contributed by atoms with Crippen LogP contribution in [0.2, 0.25) is 0 Å². The molecule has 0 fully saturated rings. The quantitative estimate of drug-likeness (QED) is 0.118. The predicted molar refractivity (Wildman–Crippen MR) is 141 cm³/mol. The van der Waals surface area contributed by atoms with E-state index in [4.69, 9.17) is 15.2 Å². The van der Waals surface area contributed by atoms with E-state index in [-0.39, 0.29) is 17.9 Å². The molecule has 1 amide bonds. The summed E-state index contributed by atoms with van der Waals surface area (Å²) in [4.78, 5) is 40.8. The molecule has 0 aliphatic heterocycles. The van der Waals surface area contributed by atoms with Gasteiger partial charge in [0.15, 0.2) is 11.4 Å². The van der Waals surface area contributed by atoms with Gasteiger partial charge in [0.2, 0.25) is 5.78 Å². The van der Waals surface area contributed by atoms with E-state index < -0.39 is 81.4 Å². The molecule has 1 aromatic carbocycles. The lowest BCUT2D eigenvalue weighted by molar-refractivity contribution is -0.162. The minimum absolute atomic E-state index is 0.161. The zero-order chi connectivity index (χ0) is 29.7. The molecule has 1 aromatic rings. The highest BCUT2D eigenvalue weighted by Gasteiger charge is 2.67. The summed E-state index contributed by atoms with van der Waals surface area (Å²) in [7, 11) is 4.52. The van der Waals surface area contributed by atoms with Crippen LogP contribution in [0.3, 0.4) is 0 Å². The number of nitrogens with two attached hydrogens (primary N) is 1. The maximum Gasteiger partial charge on any atom is 0.255 e. The largest absolute Gasteiger partial charge is 0.510 e. The molecule has 13 heteroatoms. The van der Waals surface area contributed by atoms with E-state index in [2.05, 4.69) is 5.32 Å². The van der Waals surface area contributed by atoms with E-state index in [1.165, 1.54) is 19.0 Å². The van der Waals surface area contributed by atoms with E-state index in [1.807, 2.05) is 0 Å². The average molecular weight is 562 g/mol. The molecule has 0 unspecified atom stereocenters.